The maximum atomic E-state index is 15.0. The summed E-state index contributed by atoms with van der Waals surface area (Å²) in [5, 5.41) is 5.04. The van der Waals surface area contributed by atoms with E-state index in [9.17, 15) is 4.79 Å². The van der Waals surface area contributed by atoms with Crippen molar-refractivity contribution in [2.45, 2.75) is 31.9 Å². The van der Waals surface area contributed by atoms with Crippen LogP contribution in [0.1, 0.15) is 36.4 Å². The third kappa shape index (κ3) is 3.98. The quantitative estimate of drug-likeness (QED) is 0.423. The zero-order chi connectivity index (χ0) is 24.3. The molecule has 4 heterocycles. The first-order valence-electron chi connectivity index (χ1n) is 11.6. The SMILES string of the molecule is Cc1nc2cc(N3CCOC(c4cnn(C5CC5)c4)C3)nc(-c3ccc(Cl)cc3F)c2c(=O)n1C. The molecule has 3 aromatic heterocycles. The van der Waals surface area contributed by atoms with Crippen LogP contribution >= 0.6 is 11.6 Å². The van der Waals surface area contributed by atoms with E-state index in [1.807, 2.05) is 10.9 Å². The predicted molar refractivity (Wildman–Crippen MR) is 131 cm³/mol. The number of hydrogen-bond donors (Lipinski definition) is 0. The molecule has 180 valence electrons. The minimum absolute atomic E-state index is 0.164. The van der Waals surface area contributed by atoms with Gasteiger partial charge in [-0.15, -0.1) is 0 Å². The number of aryl methyl sites for hydroxylation is 1. The van der Waals surface area contributed by atoms with Crippen molar-refractivity contribution in [3.05, 3.63) is 69.2 Å². The van der Waals surface area contributed by atoms with Gasteiger partial charge in [-0.05, 0) is 38.0 Å². The number of benzene rings is 1. The molecule has 4 aromatic rings. The number of hydrogen-bond acceptors (Lipinski definition) is 6. The van der Waals surface area contributed by atoms with Crippen LogP contribution in [0.25, 0.3) is 22.2 Å². The highest BCUT2D eigenvalue weighted by Crippen LogP contribution is 2.36. The van der Waals surface area contributed by atoms with E-state index in [1.165, 1.54) is 10.6 Å². The largest absolute Gasteiger partial charge is 0.370 e. The molecule has 1 aliphatic carbocycles. The fraction of sp³-hybridized carbons (Fsp3) is 0.360. The summed E-state index contributed by atoms with van der Waals surface area (Å²) in [6, 6.07) is 6.67. The Morgan fingerprint density at radius 1 is 1.20 bits per heavy atom. The summed E-state index contributed by atoms with van der Waals surface area (Å²) in [6.45, 7) is 3.44. The van der Waals surface area contributed by atoms with Gasteiger partial charge < -0.3 is 9.64 Å². The van der Waals surface area contributed by atoms with E-state index in [1.54, 1.807) is 32.2 Å². The van der Waals surface area contributed by atoms with Gasteiger partial charge in [-0.2, -0.15) is 5.10 Å². The highest BCUT2D eigenvalue weighted by molar-refractivity contribution is 6.30. The number of pyridine rings is 1. The first-order valence-corrected chi connectivity index (χ1v) is 12.0. The Labute approximate surface area is 205 Å². The lowest BCUT2D eigenvalue weighted by Crippen LogP contribution is -2.39. The van der Waals surface area contributed by atoms with Crippen LogP contribution in [0.3, 0.4) is 0 Å². The second-order valence-electron chi connectivity index (χ2n) is 9.16. The van der Waals surface area contributed by atoms with Gasteiger partial charge in [0, 0.05) is 48.5 Å². The van der Waals surface area contributed by atoms with Crippen molar-refractivity contribution in [3.63, 3.8) is 0 Å². The van der Waals surface area contributed by atoms with Crippen LogP contribution < -0.4 is 10.5 Å². The summed E-state index contributed by atoms with van der Waals surface area (Å²) >= 11 is 5.98. The van der Waals surface area contributed by atoms with Gasteiger partial charge in [-0.25, -0.2) is 14.4 Å². The van der Waals surface area contributed by atoms with Gasteiger partial charge in [0.1, 0.15) is 23.6 Å². The molecule has 1 unspecified atom stereocenters. The molecule has 6 rings (SSSR count). The average molecular weight is 495 g/mol. The molecule has 1 saturated carbocycles. The number of ether oxygens (including phenoxy) is 1. The van der Waals surface area contributed by atoms with Crippen molar-refractivity contribution in [2.75, 3.05) is 24.6 Å². The average Bonchev–Trinajstić information content (AvgIpc) is 3.58. The molecular weight excluding hydrogens is 471 g/mol. The number of fused-ring (bicyclic) bond motifs is 1. The van der Waals surface area contributed by atoms with E-state index in [-0.39, 0.29) is 33.3 Å². The van der Waals surface area contributed by atoms with Crippen molar-refractivity contribution in [2.24, 2.45) is 7.05 Å². The third-order valence-corrected chi connectivity index (χ3v) is 7.00. The minimum atomic E-state index is -0.543. The minimum Gasteiger partial charge on any atom is -0.370 e. The lowest BCUT2D eigenvalue weighted by molar-refractivity contribution is 0.0395. The number of nitrogens with zero attached hydrogens (tertiary/aromatic N) is 6. The Hall–Kier alpha value is -3.30. The molecule has 2 aliphatic rings. The highest BCUT2D eigenvalue weighted by Gasteiger charge is 2.29. The lowest BCUT2D eigenvalue weighted by Gasteiger charge is -2.33. The van der Waals surface area contributed by atoms with Crippen LogP contribution in [0.2, 0.25) is 5.02 Å². The fourth-order valence-electron chi connectivity index (χ4n) is 4.54. The second-order valence-corrected chi connectivity index (χ2v) is 9.60. The Kier molecular flexibility index (Phi) is 5.34. The highest BCUT2D eigenvalue weighted by atomic mass is 35.5. The van der Waals surface area contributed by atoms with Gasteiger partial charge in [-0.3, -0.25) is 14.0 Å². The third-order valence-electron chi connectivity index (χ3n) is 6.76. The van der Waals surface area contributed by atoms with Gasteiger partial charge in [-0.1, -0.05) is 11.6 Å². The van der Waals surface area contributed by atoms with Gasteiger partial charge in [0.25, 0.3) is 5.56 Å². The van der Waals surface area contributed by atoms with E-state index in [2.05, 4.69) is 21.2 Å². The molecule has 2 fully saturated rings. The molecule has 0 amide bonds. The monoisotopic (exact) mass is 494 g/mol. The number of rotatable bonds is 4. The van der Waals surface area contributed by atoms with Crippen molar-refractivity contribution in [3.8, 4) is 11.3 Å². The molecule has 8 nitrogen and oxygen atoms in total. The van der Waals surface area contributed by atoms with Crippen molar-refractivity contribution < 1.29 is 9.13 Å². The number of aromatic nitrogens is 5. The van der Waals surface area contributed by atoms with Gasteiger partial charge in [0.2, 0.25) is 0 Å². The Morgan fingerprint density at radius 2 is 2.03 bits per heavy atom. The molecule has 1 aromatic carbocycles. The second kappa shape index (κ2) is 8.42. The summed E-state index contributed by atoms with van der Waals surface area (Å²) < 4.78 is 24.5. The van der Waals surface area contributed by atoms with Crippen LogP contribution in [0.15, 0.2) is 41.5 Å². The lowest BCUT2D eigenvalue weighted by atomic mass is 10.1. The number of halogens is 2. The van der Waals surface area contributed by atoms with E-state index in [0.29, 0.717) is 42.9 Å². The number of morpholine rings is 1. The van der Waals surface area contributed by atoms with Crippen molar-refractivity contribution in [1.82, 2.24) is 24.3 Å². The molecule has 1 aliphatic heterocycles. The van der Waals surface area contributed by atoms with Crippen LogP contribution in [-0.4, -0.2) is 44.0 Å². The van der Waals surface area contributed by atoms with Gasteiger partial charge in [0.15, 0.2) is 0 Å². The summed E-state index contributed by atoms with van der Waals surface area (Å²) in [5.74, 6) is 0.637. The first kappa shape index (κ1) is 22.2. The first-order chi connectivity index (χ1) is 16.9. The molecule has 1 atom stereocenters. The Balaban J connectivity index is 1.45. The van der Waals surface area contributed by atoms with Gasteiger partial charge in [0.05, 0.1) is 35.4 Å². The summed E-state index contributed by atoms with van der Waals surface area (Å²) in [7, 11) is 1.65. The normalized spacial score (nSPS) is 18.4. The Bertz CT molecular complexity index is 1510. The van der Waals surface area contributed by atoms with Crippen molar-refractivity contribution in [1.29, 1.82) is 0 Å². The van der Waals surface area contributed by atoms with Crippen LogP contribution in [0.5, 0.6) is 0 Å². The Morgan fingerprint density at radius 3 is 2.80 bits per heavy atom. The molecule has 0 N–H and O–H groups in total. The smallest absolute Gasteiger partial charge is 0.263 e. The van der Waals surface area contributed by atoms with E-state index >= 15 is 4.39 Å². The van der Waals surface area contributed by atoms with Crippen LogP contribution in [0, 0.1) is 12.7 Å². The molecule has 0 spiro atoms. The fourth-order valence-corrected chi connectivity index (χ4v) is 4.70. The molecule has 0 bridgehead atoms. The molecular formula is C25H24ClFN6O2. The molecule has 1 saturated heterocycles. The zero-order valence-corrected chi connectivity index (χ0v) is 20.2. The molecule has 10 heteroatoms. The summed E-state index contributed by atoms with van der Waals surface area (Å²) in [5.41, 5.74) is 1.69. The van der Waals surface area contributed by atoms with E-state index < -0.39 is 5.82 Å². The zero-order valence-electron chi connectivity index (χ0n) is 19.4. The number of anilines is 1. The van der Waals surface area contributed by atoms with E-state index in [4.69, 9.17) is 21.3 Å². The topological polar surface area (TPSA) is 78.1 Å². The van der Waals surface area contributed by atoms with Crippen molar-refractivity contribution >= 4 is 28.3 Å². The predicted octanol–water partition coefficient (Wildman–Crippen LogP) is 4.21. The van der Waals surface area contributed by atoms with Crippen LogP contribution in [-0.2, 0) is 11.8 Å². The molecule has 0 radical (unpaired) electrons. The maximum Gasteiger partial charge on any atom is 0.263 e. The standard InChI is InChI=1S/C25H24ClFN6O2/c1-14-29-20-10-22(32-7-8-35-21(13-32)15-11-28-33(12-15)17-4-5-17)30-24(23(20)25(34)31(14)2)18-6-3-16(26)9-19(18)27/h3,6,9-12,17,21H,4-5,7-8,13H2,1-2H3. The molecule has 35 heavy (non-hydrogen) atoms. The summed E-state index contributed by atoms with van der Waals surface area (Å²) in [6.07, 6.45) is 6.08. The van der Waals surface area contributed by atoms with Crippen LogP contribution in [0.4, 0.5) is 10.2 Å². The van der Waals surface area contributed by atoms with E-state index in [0.717, 1.165) is 18.4 Å². The van der Waals surface area contributed by atoms with Gasteiger partial charge >= 0.3 is 0 Å². The summed E-state index contributed by atoms with van der Waals surface area (Å²) in [4.78, 5) is 24.7. The maximum absolute atomic E-state index is 15.0.